The van der Waals surface area contributed by atoms with E-state index in [2.05, 4.69) is 16.8 Å². The number of morpholine rings is 1. The highest BCUT2D eigenvalue weighted by Gasteiger charge is 2.18. The summed E-state index contributed by atoms with van der Waals surface area (Å²) in [5.74, 6) is 0.723. The smallest absolute Gasteiger partial charge is 0.236 e. The molecule has 0 aromatic carbocycles. The molecule has 0 saturated carbocycles. The van der Waals surface area contributed by atoms with Gasteiger partial charge in [-0.15, -0.1) is 11.3 Å². The molecule has 1 unspecified atom stereocenters. The van der Waals surface area contributed by atoms with Gasteiger partial charge in [-0.05, 0) is 18.4 Å². The molecule has 0 aliphatic carbocycles. The fraction of sp³-hybridized carbons (Fsp3) is 0.462. The van der Waals surface area contributed by atoms with Crippen LogP contribution in [-0.4, -0.2) is 35.7 Å². The fourth-order valence-corrected chi connectivity index (χ4v) is 2.81. The Kier molecular flexibility index (Phi) is 3.45. The monoisotopic (exact) mass is 264 g/mol. The van der Waals surface area contributed by atoms with Crippen LogP contribution in [0.4, 0.5) is 0 Å². The van der Waals surface area contributed by atoms with Crippen molar-refractivity contribution in [3.8, 4) is 10.8 Å². The van der Waals surface area contributed by atoms with Gasteiger partial charge in [-0.25, -0.2) is 4.98 Å². The highest BCUT2D eigenvalue weighted by atomic mass is 32.1. The van der Waals surface area contributed by atoms with Gasteiger partial charge in [-0.2, -0.15) is 0 Å². The molecule has 3 rings (SSSR count). The van der Waals surface area contributed by atoms with Gasteiger partial charge in [0, 0.05) is 19.6 Å². The second kappa shape index (κ2) is 5.22. The third-order valence-electron chi connectivity index (χ3n) is 2.99. The summed E-state index contributed by atoms with van der Waals surface area (Å²) in [7, 11) is 0. The van der Waals surface area contributed by atoms with Gasteiger partial charge >= 0.3 is 0 Å². The molecule has 2 aromatic heterocycles. The molecule has 3 heterocycles. The quantitative estimate of drug-likeness (QED) is 0.854. The summed E-state index contributed by atoms with van der Waals surface area (Å²) in [4.78, 5) is 7.96. The molecular weight excluding hydrogens is 248 g/mol. The fourth-order valence-electron chi connectivity index (χ4n) is 2.16. The van der Waals surface area contributed by atoms with E-state index in [9.17, 15) is 0 Å². The van der Waals surface area contributed by atoms with E-state index in [4.69, 9.17) is 9.15 Å². The Labute approximate surface area is 110 Å². The highest BCUT2D eigenvalue weighted by molar-refractivity contribution is 7.13. The van der Waals surface area contributed by atoms with Gasteiger partial charge < -0.3 is 9.15 Å². The highest BCUT2D eigenvalue weighted by Crippen LogP contribution is 2.24. The first-order chi connectivity index (χ1) is 8.81. The zero-order chi connectivity index (χ0) is 12.4. The summed E-state index contributed by atoms with van der Waals surface area (Å²) in [5.41, 5.74) is 0.993. The lowest BCUT2D eigenvalue weighted by Gasteiger charge is -2.30. The van der Waals surface area contributed by atoms with Gasteiger partial charge in [0.1, 0.15) is 6.26 Å². The third kappa shape index (κ3) is 2.63. The van der Waals surface area contributed by atoms with Crippen LogP contribution < -0.4 is 0 Å². The second-order valence-electron chi connectivity index (χ2n) is 4.54. The van der Waals surface area contributed by atoms with Crippen LogP contribution in [-0.2, 0) is 11.3 Å². The Morgan fingerprint density at radius 1 is 1.56 bits per heavy atom. The maximum Gasteiger partial charge on any atom is 0.236 e. The van der Waals surface area contributed by atoms with E-state index in [-0.39, 0.29) is 0 Å². The van der Waals surface area contributed by atoms with E-state index in [0.29, 0.717) is 6.10 Å². The van der Waals surface area contributed by atoms with Crippen molar-refractivity contribution in [3.05, 3.63) is 29.5 Å². The number of rotatable bonds is 3. The van der Waals surface area contributed by atoms with Crippen molar-refractivity contribution in [2.24, 2.45) is 0 Å². The molecule has 0 bridgehead atoms. The molecule has 0 radical (unpaired) electrons. The number of oxazole rings is 1. The van der Waals surface area contributed by atoms with Crippen LogP contribution in [0.1, 0.15) is 12.6 Å². The molecule has 18 heavy (non-hydrogen) atoms. The maximum atomic E-state index is 5.53. The first kappa shape index (κ1) is 11.9. The van der Waals surface area contributed by atoms with E-state index in [0.717, 1.165) is 42.7 Å². The van der Waals surface area contributed by atoms with Gasteiger partial charge in [0.15, 0.2) is 0 Å². The molecule has 1 fully saturated rings. The number of hydrogen-bond acceptors (Lipinski definition) is 5. The van der Waals surface area contributed by atoms with E-state index >= 15 is 0 Å². The van der Waals surface area contributed by atoms with E-state index in [1.165, 1.54) is 0 Å². The lowest BCUT2D eigenvalue weighted by atomic mass is 10.3. The topological polar surface area (TPSA) is 38.5 Å². The van der Waals surface area contributed by atoms with Crippen LogP contribution in [0.2, 0.25) is 0 Å². The van der Waals surface area contributed by atoms with Gasteiger partial charge in [0.25, 0.3) is 0 Å². The van der Waals surface area contributed by atoms with Gasteiger partial charge in [0.2, 0.25) is 5.89 Å². The van der Waals surface area contributed by atoms with Crippen molar-refractivity contribution < 1.29 is 9.15 Å². The molecule has 5 heteroatoms. The number of hydrogen-bond donors (Lipinski definition) is 0. The molecule has 0 amide bonds. The average Bonchev–Trinajstić information content (AvgIpc) is 2.98. The van der Waals surface area contributed by atoms with Crippen molar-refractivity contribution >= 4 is 11.3 Å². The molecule has 2 aromatic rings. The van der Waals surface area contributed by atoms with Gasteiger partial charge in [-0.3, -0.25) is 4.90 Å². The molecular formula is C13H16N2O2S. The molecule has 1 aliphatic heterocycles. The lowest BCUT2D eigenvalue weighted by Crippen LogP contribution is -2.40. The lowest BCUT2D eigenvalue weighted by molar-refractivity contribution is -0.0215. The maximum absolute atomic E-state index is 5.53. The Balaban J connectivity index is 1.66. The summed E-state index contributed by atoms with van der Waals surface area (Å²) in [5, 5.41) is 2.03. The minimum atomic E-state index is 0.308. The molecule has 4 nitrogen and oxygen atoms in total. The molecule has 96 valence electrons. The summed E-state index contributed by atoms with van der Waals surface area (Å²) >= 11 is 1.65. The van der Waals surface area contributed by atoms with Gasteiger partial charge in [-0.1, -0.05) is 6.07 Å². The summed E-state index contributed by atoms with van der Waals surface area (Å²) in [6.07, 6.45) is 2.07. The summed E-state index contributed by atoms with van der Waals surface area (Å²) in [6, 6.07) is 4.03. The minimum absolute atomic E-state index is 0.308. The number of nitrogens with zero attached hydrogens (tertiary/aromatic N) is 2. The zero-order valence-corrected chi connectivity index (χ0v) is 11.2. The van der Waals surface area contributed by atoms with Crippen LogP contribution in [0.15, 0.2) is 28.2 Å². The first-order valence-electron chi connectivity index (χ1n) is 6.13. The van der Waals surface area contributed by atoms with Crippen molar-refractivity contribution in [2.45, 2.75) is 19.6 Å². The third-order valence-corrected chi connectivity index (χ3v) is 3.85. The molecule has 0 N–H and O–H groups in total. The minimum Gasteiger partial charge on any atom is -0.444 e. The van der Waals surface area contributed by atoms with Crippen molar-refractivity contribution in [3.63, 3.8) is 0 Å². The van der Waals surface area contributed by atoms with E-state index < -0.39 is 0 Å². The predicted molar refractivity (Wildman–Crippen MR) is 70.5 cm³/mol. The number of ether oxygens (including phenoxy) is 1. The van der Waals surface area contributed by atoms with Crippen LogP contribution >= 0.6 is 11.3 Å². The Hall–Kier alpha value is -1.17. The van der Waals surface area contributed by atoms with E-state index in [1.54, 1.807) is 17.6 Å². The molecule has 1 aliphatic rings. The van der Waals surface area contributed by atoms with E-state index in [1.807, 2.05) is 17.5 Å². The summed E-state index contributed by atoms with van der Waals surface area (Å²) in [6.45, 7) is 5.66. The zero-order valence-electron chi connectivity index (χ0n) is 10.3. The molecule has 1 saturated heterocycles. The normalized spacial score (nSPS) is 21.3. The largest absolute Gasteiger partial charge is 0.444 e. The van der Waals surface area contributed by atoms with Crippen molar-refractivity contribution in [2.75, 3.05) is 19.7 Å². The second-order valence-corrected chi connectivity index (χ2v) is 5.49. The van der Waals surface area contributed by atoms with Crippen LogP contribution in [0.5, 0.6) is 0 Å². The van der Waals surface area contributed by atoms with Crippen LogP contribution in [0.3, 0.4) is 0 Å². The Morgan fingerprint density at radius 2 is 2.50 bits per heavy atom. The summed E-state index contributed by atoms with van der Waals surface area (Å²) < 4.78 is 11.0. The first-order valence-corrected chi connectivity index (χ1v) is 7.01. The number of aromatic nitrogens is 1. The van der Waals surface area contributed by atoms with Crippen molar-refractivity contribution in [1.82, 2.24) is 9.88 Å². The average molecular weight is 264 g/mol. The SMILES string of the molecule is CC1CN(Cc2coc(-c3cccs3)n2)CCO1. The van der Waals surface area contributed by atoms with Crippen LogP contribution in [0.25, 0.3) is 10.8 Å². The van der Waals surface area contributed by atoms with Crippen molar-refractivity contribution in [1.29, 1.82) is 0 Å². The molecule has 0 spiro atoms. The predicted octanol–water partition coefficient (Wildman–Crippen LogP) is 2.62. The number of thiophene rings is 1. The van der Waals surface area contributed by atoms with Crippen LogP contribution in [0, 0.1) is 0 Å². The Bertz CT molecular complexity index is 495. The standard InChI is InChI=1S/C13H16N2O2S/c1-10-7-15(4-5-16-10)8-11-9-17-13(14-11)12-3-2-6-18-12/h2-3,6,9-10H,4-5,7-8H2,1H3. The van der Waals surface area contributed by atoms with Gasteiger partial charge in [0.05, 0.1) is 23.3 Å². The molecule has 1 atom stereocenters. The Morgan fingerprint density at radius 3 is 3.28 bits per heavy atom.